The lowest BCUT2D eigenvalue weighted by Crippen LogP contribution is -2.24. The van der Waals surface area contributed by atoms with Crippen LogP contribution in [0.15, 0.2) is 11.6 Å². The SMILES string of the molecule is C/C=C(/C#N)CN(CC)CC. The predicted molar refractivity (Wildman–Crippen MR) is 47.2 cm³/mol. The summed E-state index contributed by atoms with van der Waals surface area (Å²) in [6.07, 6.45) is 1.87. The number of allylic oxidation sites excluding steroid dienone is 1. The minimum Gasteiger partial charge on any atom is -0.299 e. The zero-order chi connectivity index (χ0) is 8.69. The van der Waals surface area contributed by atoms with Crippen molar-refractivity contribution in [2.45, 2.75) is 20.8 Å². The van der Waals surface area contributed by atoms with Gasteiger partial charge in [-0.15, -0.1) is 0 Å². The maximum Gasteiger partial charge on any atom is 0.0957 e. The van der Waals surface area contributed by atoms with Crippen molar-refractivity contribution in [1.82, 2.24) is 4.90 Å². The first-order valence-corrected chi connectivity index (χ1v) is 4.06. The Morgan fingerprint density at radius 3 is 2.27 bits per heavy atom. The molecule has 0 saturated carbocycles. The van der Waals surface area contributed by atoms with Gasteiger partial charge in [-0.05, 0) is 20.0 Å². The molecule has 0 atom stereocenters. The van der Waals surface area contributed by atoms with E-state index >= 15 is 0 Å². The van der Waals surface area contributed by atoms with Gasteiger partial charge in [0, 0.05) is 12.1 Å². The van der Waals surface area contributed by atoms with E-state index in [2.05, 4.69) is 24.8 Å². The fourth-order valence-corrected chi connectivity index (χ4v) is 0.879. The monoisotopic (exact) mass is 152 g/mol. The summed E-state index contributed by atoms with van der Waals surface area (Å²) in [6, 6.07) is 2.17. The fraction of sp³-hybridized carbons (Fsp3) is 0.667. The lowest BCUT2D eigenvalue weighted by Gasteiger charge is -2.16. The Kier molecular flexibility index (Phi) is 5.50. The molecule has 11 heavy (non-hydrogen) atoms. The minimum atomic E-state index is 0.792. The lowest BCUT2D eigenvalue weighted by atomic mass is 10.2. The molecule has 0 radical (unpaired) electrons. The lowest BCUT2D eigenvalue weighted by molar-refractivity contribution is 0.332. The van der Waals surface area contributed by atoms with Crippen molar-refractivity contribution < 1.29 is 0 Å². The fourth-order valence-electron chi connectivity index (χ4n) is 0.879. The predicted octanol–water partition coefficient (Wildman–Crippen LogP) is 1.80. The second kappa shape index (κ2) is 5.94. The molecule has 0 bridgehead atoms. The molecule has 0 amide bonds. The van der Waals surface area contributed by atoms with Crippen LogP contribution in [0.2, 0.25) is 0 Å². The van der Waals surface area contributed by atoms with Gasteiger partial charge in [-0.1, -0.05) is 19.9 Å². The van der Waals surface area contributed by atoms with Crippen LogP contribution in [-0.4, -0.2) is 24.5 Å². The summed E-state index contributed by atoms with van der Waals surface area (Å²) in [5.74, 6) is 0. The van der Waals surface area contributed by atoms with E-state index in [1.807, 2.05) is 13.0 Å². The summed E-state index contributed by atoms with van der Waals surface area (Å²) in [4.78, 5) is 2.22. The first-order valence-electron chi connectivity index (χ1n) is 4.06. The molecule has 0 spiro atoms. The van der Waals surface area contributed by atoms with Gasteiger partial charge in [-0.2, -0.15) is 5.26 Å². The number of nitriles is 1. The highest BCUT2D eigenvalue weighted by atomic mass is 15.1. The molecular formula is C9H16N2. The largest absolute Gasteiger partial charge is 0.299 e. The Morgan fingerprint density at radius 2 is 2.00 bits per heavy atom. The van der Waals surface area contributed by atoms with Crippen molar-refractivity contribution in [2.75, 3.05) is 19.6 Å². The molecule has 2 nitrogen and oxygen atoms in total. The van der Waals surface area contributed by atoms with Crippen molar-refractivity contribution in [1.29, 1.82) is 5.26 Å². The first kappa shape index (κ1) is 10.2. The maximum absolute atomic E-state index is 8.62. The van der Waals surface area contributed by atoms with E-state index in [4.69, 9.17) is 5.26 Å². The van der Waals surface area contributed by atoms with E-state index in [0.29, 0.717) is 0 Å². The number of hydrogen-bond acceptors (Lipinski definition) is 2. The summed E-state index contributed by atoms with van der Waals surface area (Å²) in [5.41, 5.74) is 0.855. The van der Waals surface area contributed by atoms with E-state index in [1.165, 1.54) is 0 Å². The number of hydrogen-bond donors (Lipinski definition) is 0. The summed E-state index contributed by atoms with van der Waals surface area (Å²) in [5, 5.41) is 8.62. The van der Waals surface area contributed by atoms with Crippen molar-refractivity contribution >= 4 is 0 Å². The van der Waals surface area contributed by atoms with Crippen LogP contribution < -0.4 is 0 Å². The summed E-state index contributed by atoms with van der Waals surface area (Å²) < 4.78 is 0. The highest BCUT2D eigenvalue weighted by Crippen LogP contribution is 1.96. The molecule has 0 fully saturated rings. The second-order valence-corrected chi connectivity index (χ2v) is 2.39. The molecule has 0 aromatic rings. The third-order valence-corrected chi connectivity index (χ3v) is 1.78. The maximum atomic E-state index is 8.62. The smallest absolute Gasteiger partial charge is 0.0957 e. The Bertz CT molecular complexity index is 161. The van der Waals surface area contributed by atoms with Gasteiger partial charge in [0.2, 0.25) is 0 Å². The van der Waals surface area contributed by atoms with Crippen LogP contribution in [-0.2, 0) is 0 Å². The van der Waals surface area contributed by atoms with Crippen LogP contribution in [0, 0.1) is 11.3 Å². The van der Waals surface area contributed by atoms with Crippen molar-refractivity contribution in [3.63, 3.8) is 0 Å². The zero-order valence-corrected chi connectivity index (χ0v) is 7.59. The number of nitrogens with zero attached hydrogens (tertiary/aromatic N) is 2. The first-order chi connectivity index (χ1) is 5.28. The Balaban J connectivity index is 3.91. The highest BCUT2D eigenvalue weighted by Gasteiger charge is 2.00. The van der Waals surface area contributed by atoms with Gasteiger partial charge in [0.15, 0.2) is 0 Å². The standard InChI is InChI=1S/C9H16N2/c1-4-9(7-10)8-11(5-2)6-3/h4H,5-6,8H2,1-3H3/b9-4-. The molecule has 0 heterocycles. The average molecular weight is 152 g/mol. The molecule has 0 aromatic carbocycles. The summed E-state index contributed by atoms with van der Waals surface area (Å²) >= 11 is 0. The Hall–Kier alpha value is -0.810. The molecule has 0 aromatic heterocycles. The topological polar surface area (TPSA) is 27.0 Å². The number of likely N-dealkylation sites (N-methyl/N-ethyl adjacent to an activating group) is 1. The third-order valence-electron chi connectivity index (χ3n) is 1.78. The Labute approximate surface area is 69.1 Å². The molecule has 0 rings (SSSR count). The zero-order valence-electron chi connectivity index (χ0n) is 7.59. The molecular weight excluding hydrogens is 136 g/mol. The Morgan fingerprint density at radius 1 is 1.45 bits per heavy atom. The molecule has 0 unspecified atom stereocenters. The quantitative estimate of drug-likeness (QED) is 0.574. The van der Waals surface area contributed by atoms with E-state index in [0.717, 1.165) is 25.2 Å². The van der Waals surface area contributed by atoms with Crippen LogP contribution >= 0.6 is 0 Å². The summed E-state index contributed by atoms with van der Waals surface area (Å²) in [6.45, 7) is 8.93. The van der Waals surface area contributed by atoms with E-state index in [1.54, 1.807) is 0 Å². The molecule has 2 heteroatoms. The van der Waals surface area contributed by atoms with E-state index in [-0.39, 0.29) is 0 Å². The molecule has 0 aliphatic rings. The van der Waals surface area contributed by atoms with Crippen LogP contribution in [0.3, 0.4) is 0 Å². The van der Waals surface area contributed by atoms with Crippen molar-refractivity contribution in [2.24, 2.45) is 0 Å². The van der Waals surface area contributed by atoms with Crippen LogP contribution in [0.1, 0.15) is 20.8 Å². The van der Waals surface area contributed by atoms with Crippen molar-refractivity contribution in [3.8, 4) is 6.07 Å². The van der Waals surface area contributed by atoms with Crippen LogP contribution in [0.5, 0.6) is 0 Å². The van der Waals surface area contributed by atoms with Crippen LogP contribution in [0.25, 0.3) is 0 Å². The molecule has 0 N–H and O–H groups in total. The number of rotatable bonds is 4. The normalized spacial score (nSPS) is 11.7. The van der Waals surface area contributed by atoms with Gasteiger partial charge >= 0.3 is 0 Å². The molecule has 0 aliphatic heterocycles. The average Bonchev–Trinajstić information content (AvgIpc) is 2.07. The van der Waals surface area contributed by atoms with Gasteiger partial charge in [0.1, 0.15) is 0 Å². The minimum absolute atomic E-state index is 0.792. The molecule has 0 aliphatic carbocycles. The second-order valence-electron chi connectivity index (χ2n) is 2.39. The summed E-state index contributed by atoms with van der Waals surface area (Å²) in [7, 11) is 0. The third kappa shape index (κ3) is 3.79. The molecule has 0 saturated heterocycles. The van der Waals surface area contributed by atoms with E-state index in [9.17, 15) is 0 Å². The van der Waals surface area contributed by atoms with Gasteiger partial charge in [-0.3, -0.25) is 4.90 Å². The highest BCUT2D eigenvalue weighted by molar-refractivity contribution is 5.21. The van der Waals surface area contributed by atoms with Gasteiger partial charge in [0.05, 0.1) is 6.07 Å². The van der Waals surface area contributed by atoms with Gasteiger partial charge in [-0.25, -0.2) is 0 Å². The van der Waals surface area contributed by atoms with Gasteiger partial charge < -0.3 is 0 Å². The molecule has 62 valence electrons. The van der Waals surface area contributed by atoms with Crippen molar-refractivity contribution in [3.05, 3.63) is 11.6 Å². The van der Waals surface area contributed by atoms with E-state index < -0.39 is 0 Å². The van der Waals surface area contributed by atoms with Gasteiger partial charge in [0.25, 0.3) is 0 Å². The van der Waals surface area contributed by atoms with Crippen LogP contribution in [0.4, 0.5) is 0 Å².